The molecule has 2 heterocycles. The van der Waals surface area contributed by atoms with Crippen LogP contribution in [0.25, 0.3) is 0 Å². The van der Waals surface area contributed by atoms with Crippen LogP contribution < -0.4 is 5.32 Å². The van der Waals surface area contributed by atoms with Crippen molar-refractivity contribution in [2.24, 2.45) is 0 Å². The van der Waals surface area contributed by atoms with Gasteiger partial charge in [0.1, 0.15) is 0 Å². The number of aromatic nitrogens is 1. The molecule has 2 fully saturated rings. The Hall–Kier alpha value is -1.91. The molecule has 22 heavy (non-hydrogen) atoms. The summed E-state index contributed by atoms with van der Waals surface area (Å²) >= 11 is 0. The molecule has 1 atom stereocenters. The summed E-state index contributed by atoms with van der Waals surface area (Å²) in [6, 6.07) is 2.29. The molecule has 1 unspecified atom stereocenters. The zero-order valence-electron chi connectivity index (χ0n) is 13.0. The summed E-state index contributed by atoms with van der Waals surface area (Å²) in [6.45, 7) is 2.92. The lowest BCUT2D eigenvalue weighted by molar-refractivity contribution is 0.0607. The summed E-state index contributed by atoms with van der Waals surface area (Å²) in [7, 11) is 0. The highest BCUT2D eigenvalue weighted by Crippen LogP contribution is 2.22. The van der Waals surface area contributed by atoms with Gasteiger partial charge in [0.25, 0.3) is 11.8 Å². The highest BCUT2D eigenvalue weighted by atomic mass is 16.2. The van der Waals surface area contributed by atoms with Crippen molar-refractivity contribution in [2.45, 2.75) is 57.5 Å². The second-order valence-electron chi connectivity index (χ2n) is 6.27. The molecule has 1 N–H and O–H groups in total. The highest BCUT2D eigenvalue weighted by Gasteiger charge is 2.27. The van der Waals surface area contributed by atoms with E-state index < -0.39 is 0 Å². The fraction of sp³-hybridized carbons (Fsp3) is 0.588. The molecule has 1 aliphatic carbocycles. The Morgan fingerprint density at radius 3 is 2.73 bits per heavy atom. The summed E-state index contributed by atoms with van der Waals surface area (Å²) in [4.78, 5) is 30.9. The van der Waals surface area contributed by atoms with Crippen molar-refractivity contribution in [2.75, 3.05) is 6.54 Å². The Balaban J connectivity index is 1.75. The van der Waals surface area contributed by atoms with E-state index in [4.69, 9.17) is 0 Å². The fourth-order valence-electron chi connectivity index (χ4n) is 3.04. The Morgan fingerprint density at radius 2 is 2.00 bits per heavy atom. The monoisotopic (exact) mass is 301 g/mol. The third kappa shape index (κ3) is 3.29. The van der Waals surface area contributed by atoms with E-state index in [9.17, 15) is 9.59 Å². The van der Waals surface area contributed by atoms with E-state index in [1.165, 1.54) is 12.6 Å². The molecule has 1 aromatic heterocycles. The molecule has 0 aromatic carbocycles. The van der Waals surface area contributed by atoms with Crippen LogP contribution in [0.1, 0.15) is 66.2 Å². The Labute approximate surface area is 131 Å². The molecule has 5 heteroatoms. The molecular formula is C17H23N3O2. The first-order chi connectivity index (χ1) is 10.7. The number of hydrogen-bond acceptors (Lipinski definition) is 3. The second-order valence-corrected chi connectivity index (χ2v) is 6.27. The lowest BCUT2D eigenvalue weighted by Crippen LogP contribution is -2.43. The number of likely N-dealkylation sites (tertiary alicyclic amines) is 1. The molecule has 1 saturated heterocycles. The van der Waals surface area contributed by atoms with Crippen LogP contribution in [0.4, 0.5) is 0 Å². The molecule has 1 saturated carbocycles. The zero-order chi connectivity index (χ0) is 15.5. The Bertz CT molecular complexity index is 569. The molecule has 0 spiro atoms. The third-order valence-corrected chi connectivity index (χ3v) is 4.52. The minimum atomic E-state index is -0.129. The molecule has 1 aliphatic heterocycles. The number of carbonyl (C=O) groups excluding carboxylic acids is 2. The number of nitrogens with zero attached hydrogens (tertiary/aromatic N) is 2. The van der Waals surface area contributed by atoms with Gasteiger partial charge in [-0.3, -0.25) is 14.6 Å². The maximum absolute atomic E-state index is 12.7. The van der Waals surface area contributed by atoms with Gasteiger partial charge in [-0.05, 0) is 44.6 Å². The topological polar surface area (TPSA) is 62.3 Å². The van der Waals surface area contributed by atoms with Gasteiger partial charge in [0.05, 0.1) is 11.1 Å². The number of pyridine rings is 1. The predicted molar refractivity (Wildman–Crippen MR) is 83.7 cm³/mol. The lowest BCUT2D eigenvalue weighted by Gasteiger charge is -2.35. The summed E-state index contributed by atoms with van der Waals surface area (Å²) < 4.78 is 0. The first kappa shape index (κ1) is 15.0. The third-order valence-electron chi connectivity index (χ3n) is 4.52. The van der Waals surface area contributed by atoms with Crippen LogP contribution in [-0.4, -0.2) is 40.3 Å². The number of amides is 2. The number of piperidine rings is 1. The second kappa shape index (κ2) is 6.46. The normalized spacial score (nSPS) is 21.5. The minimum Gasteiger partial charge on any atom is -0.349 e. The summed E-state index contributed by atoms with van der Waals surface area (Å²) in [6.07, 6.45) is 9.47. The van der Waals surface area contributed by atoms with E-state index in [2.05, 4.69) is 17.2 Å². The highest BCUT2D eigenvalue weighted by molar-refractivity contribution is 5.99. The van der Waals surface area contributed by atoms with Gasteiger partial charge in [0.2, 0.25) is 0 Å². The van der Waals surface area contributed by atoms with Crippen molar-refractivity contribution < 1.29 is 9.59 Å². The molecule has 118 valence electrons. The van der Waals surface area contributed by atoms with E-state index in [0.29, 0.717) is 23.2 Å². The van der Waals surface area contributed by atoms with Crippen LogP contribution in [0, 0.1) is 0 Å². The number of rotatable bonds is 4. The van der Waals surface area contributed by atoms with Crippen LogP contribution in [0.2, 0.25) is 0 Å². The average molecular weight is 301 g/mol. The van der Waals surface area contributed by atoms with Gasteiger partial charge < -0.3 is 10.2 Å². The van der Waals surface area contributed by atoms with E-state index in [1.807, 2.05) is 4.90 Å². The van der Waals surface area contributed by atoms with Gasteiger partial charge >= 0.3 is 0 Å². The quantitative estimate of drug-likeness (QED) is 0.928. The predicted octanol–water partition coefficient (Wildman–Crippen LogP) is 2.38. The summed E-state index contributed by atoms with van der Waals surface area (Å²) in [5.74, 6) is -0.129. The van der Waals surface area contributed by atoms with Crippen molar-refractivity contribution in [1.29, 1.82) is 0 Å². The van der Waals surface area contributed by atoms with Gasteiger partial charge in [0, 0.05) is 31.0 Å². The largest absolute Gasteiger partial charge is 0.349 e. The number of hydrogen-bond donors (Lipinski definition) is 1. The lowest BCUT2D eigenvalue weighted by atomic mass is 9.99. The first-order valence-electron chi connectivity index (χ1n) is 8.26. The van der Waals surface area contributed by atoms with E-state index in [1.54, 1.807) is 12.3 Å². The van der Waals surface area contributed by atoms with Crippen molar-refractivity contribution in [3.8, 4) is 0 Å². The van der Waals surface area contributed by atoms with Crippen LogP contribution in [0.3, 0.4) is 0 Å². The Kier molecular flexibility index (Phi) is 4.41. The van der Waals surface area contributed by atoms with Crippen molar-refractivity contribution in [3.05, 3.63) is 29.6 Å². The molecule has 2 amide bonds. The Morgan fingerprint density at radius 1 is 1.23 bits per heavy atom. The number of carbonyl (C=O) groups is 2. The number of nitrogens with one attached hydrogen (secondary N) is 1. The summed E-state index contributed by atoms with van der Waals surface area (Å²) in [5, 5.41) is 2.93. The van der Waals surface area contributed by atoms with Gasteiger partial charge in [0.15, 0.2) is 0 Å². The van der Waals surface area contributed by atoms with Crippen molar-refractivity contribution in [1.82, 2.24) is 15.2 Å². The summed E-state index contributed by atoms with van der Waals surface area (Å²) in [5.41, 5.74) is 0.992. The van der Waals surface area contributed by atoms with E-state index >= 15 is 0 Å². The maximum Gasteiger partial charge on any atom is 0.255 e. The van der Waals surface area contributed by atoms with Crippen LogP contribution in [0.5, 0.6) is 0 Å². The molecule has 5 nitrogen and oxygen atoms in total. The minimum absolute atomic E-state index is 0.000113. The van der Waals surface area contributed by atoms with Gasteiger partial charge in [-0.25, -0.2) is 0 Å². The first-order valence-corrected chi connectivity index (χ1v) is 8.26. The van der Waals surface area contributed by atoms with Gasteiger partial charge in [-0.1, -0.05) is 6.92 Å². The van der Waals surface area contributed by atoms with Crippen LogP contribution >= 0.6 is 0 Å². The van der Waals surface area contributed by atoms with Gasteiger partial charge in [-0.15, -0.1) is 0 Å². The van der Waals surface area contributed by atoms with E-state index in [-0.39, 0.29) is 11.8 Å². The molecule has 3 rings (SSSR count). The van der Waals surface area contributed by atoms with E-state index in [0.717, 1.165) is 38.6 Å². The maximum atomic E-state index is 12.7. The average Bonchev–Trinajstić information content (AvgIpc) is 3.38. The van der Waals surface area contributed by atoms with Crippen LogP contribution in [0.15, 0.2) is 18.5 Å². The van der Waals surface area contributed by atoms with Crippen LogP contribution in [-0.2, 0) is 0 Å². The molecular weight excluding hydrogens is 278 g/mol. The zero-order valence-corrected chi connectivity index (χ0v) is 13.0. The van der Waals surface area contributed by atoms with Crippen molar-refractivity contribution in [3.63, 3.8) is 0 Å². The standard InChI is InChI=1S/C17H23N3O2/c1-2-15-5-3-4-8-20(15)17(22)13-9-12(10-18-11-13)16(21)19-14-6-7-14/h9-11,14-15H,2-8H2,1H3,(H,19,21). The SMILES string of the molecule is CCC1CCCCN1C(=O)c1cncc(C(=O)NC2CC2)c1. The molecule has 0 radical (unpaired) electrons. The molecule has 1 aromatic rings. The molecule has 0 bridgehead atoms. The van der Waals surface area contributed by atoms with Crippen molar-refractivity contribution >= 4 is 11.8 Å². The molecule has 2 aliphatic rings. The smallest absolute Gasteiger partial charge is 0.255 e. The fourth-order valence-corrected chi connectivity index (χ4v) is 3.04. The van der Waals surface area contributed by atoms with Gasteiger partial charge in [-0.2, -0.15) is 0 Å².